The van der Waals surface area contributed by atoms with Gasteiger partial charge in [-0.25, -0.2) is 4.99 Å². The number of nitrogens with one attached hydrogen (secondary N) is 2. The van der Waals surface area contributed by atoms with Gasteiger partial charge in [-0.1, -0.05) is 13.0 Å². The SMILES string of the molecule is CCNC(=NCc1ccc(OC)c(OC(C#N)CC)c1)NCC. The molecule has 1 rings (SSSR count). The number of benzene rings is 1. The summed E-state index contributed by atoms with van der Waals surface area (Å²) in [5, 5.41) is 15.4. The number of hydrogen-bond donors (Lipinski definition) is 2. The fourth-order valence-electron chi connectivity index (χ4n) is 1.95. The van der Waals surface area contributed by atoms with E-state index in [4.69, 9.17) is 14.7 Å². The Kier molecular flexibility index (Phi) is 8.37. The molecule has 6 nitrogen and oxygen atoms in total. The van der Waals surface area contributed by atoms with E-state index < -0.39 is 6.10 Å². The molecular weight excluding hydrogens is 292 g/mol. The molecule has 1 unspecified atom stereocenters. The van der Waals surface area contributed by atoms with E-state index in [9.17, 15) is 0 Å². The Balaban J connectivity index is 2.92. The van der Waals surface area contributed by atoms with Crippen molar-refractivity contribution in [3.8, 4) is 17.6 Å². The number of aliphatic imine (C=N–C) groups is 1. The van der Waals surface area contributed by atoms with Crippen LogP contribution in [0.2, 0.25) is 0 Å². The Morgan fingerprint density at radius 1 is 1.22 bits per heavy atom. The molecule has 0 bridgehead atoms. The van der Waals surface area contributed by atoms with Crippen LogP contribution in [-0.4, -0.2) is 32.3 Å². The average Bonchev–Trinajstić information content (AvgIpc) is 2.58. The predicted molar refractivity (Wildman–Crippen MR) is 91.8 cm³/mol. The zero-order chi connectivity index (χ0) is 17.1. The van der Waals surface area contributed by atoms with Crippen LogP contribution in [0.4, 0.5) is 0 Å². The summed E-state index contributed by atoms with van der Waals surface area (Å²) in [5.41, 5.74) is 0.988. The highest BCUT2D eigenvalue weighted by atomic mass is 16.5. The molecule has 0 saturated carbocycles. The minimum absolute atomic E-state index is 0.485. The Labute approximate surface area is 138 Å². The van der Waals surface area contributed by atoms with E-state index in [1.165, 1.54) is 0 Å². The van der Waals surface area contributed by atoms with Crippen LogP contribution in [0.25, 0.3) is 0 Å². The van der Waals surface area contributed by atoms with Gasteiger partial charge in [-0.15, -0.1) is 0 Å². The standard InChI is InChI=1S/C17H26N4O2/c1-5-14(11-18)23-16-10-13(8-9-15(16)22-4)12-21-17(19-6-2)20-7-3/h8-10,14H,5-7,12H2,1-4H3,(H2,19,20,21). The molecule has 0 aliphatic carbocycles. The molecule has 0 aromatic heterocycles. The van der Waals surface area contributed by atoms with Crippen molar-refractivity contribution >= 4 is 5.96 Å². The number of ether oxygens (including phenoxy) is 2. The van der Waals surface area contributed by atoms with Crippen molar-refractivity contribution in [2.45, 2.75) is 39.8 Å². The third-order valence-corrected chi connectivity index (χ3v) is 3.12. The summed E-state index contributed by atoms with van der Waals surface area (Å²) < 4.78 is 11.0. The smallest absolute Gasteiger partial charge is 0.191 e. The Morgan fingerprint density at radius 3 is 2.43 bits per heavy atom. The van der Waals surface area contributed by atoms with Gasteiger partial charge in [0.1, 0.15) is 6.07 Å². The van der Waals surface area contributed by atoms with Crippen LogP contribution in [0.5, 0.6) is 11.5 Å². The normalized spacial score (nSPS) is 11.1. The first-order valence-corrected chi connectivity index (χ1v) is 7.93. The van der Waals surface area contributed by atoms with Gasteiger partial charge in [0, 0.05) is 13.1 Å². The van der Waals surface area contributed by atoms with Crippen molar-refractivity contribution in [2.24, 2.45) is 4.99 Å². The van der Waals surface area contributed by atoms with Crippen LogP contribution >= 0.6 is 0 Å². The molecular formula is C17H26N4O2. The molecule has 2 N–H and O–H groups in total. The van der Waals surface area contributed by atoms with Gasteiger partial charge in [-0.2, -0.15) is 5.26 Å². The van der Waals surface area contributed by atoms with E-state index in [0.29, 0.717) is 24.5 Å². The second-order valence-electron chi connectivity index (χ2n) is 4.85. The molecule has 23 heavy (non-hydrogen) atoms. The number of guanidine groups is 1. The Hall–Kier alpha value is -2.42. The first kappa shape index (κ1) is 18.6. The third kappa shape index (κ3) is 6.07. The van der Waals surface area contributed by atoms with Crippen LogP contribution in [0.3, 0.4) is 0 Å². The summed E-state index contributed by atoms with van der Waals surface area (Å²) >= 11 is 0. The molecule has 0 amide bonds. The third-order valence-electron chi connectivity index (χ3n) is 3.12. The predicted octanol–water partition coefficient (Wildman–Crippen LogP) is 2.45. The van der Waals surface area contributed by atoms with Crippen molar-refractivity contribution in [3.63, 3.8) is 0 Å². The van der Waals surface area contributed by atoms with E-state index in [0.717, 1.165) is 24.6 Å². The lowest BCUT2D eigenvalue weighted by Gasteiger charge is -2.15. The van der Waals surface area contributed by atoms with Gasteiger partial charge in [-0.05, 0) is 38.0 Å². The summed E-state index contributed by atoms with van der Waals surface area (Å²) in [6.07, 6.45) is 0.134. The number of hydrogen-bond acceptors (Lipinski definition) is 4. The Morgan fingerprint density at radius 2 is 1.91 bits per heavy atom. The number of rotatable bonds is 8. The second-order valence-corrected chi connectivity index (χ2v) is 4.85. The van der Waals surface area contributed by atoms with E-state index in [-0.39, 0.29) is 0 Å². The monoisotopic (exact) mass is 318 g/mol. The molecule has 0 saturated heterocycles. The fourth-order valence-corrected chi connectivity index (χ4v) is 1.95. The molecule has 1 aromatic carbocycles. The highest BCUT2D eigenvalue weighted by Gasteiger charge is 2.11. The van der Waals surface area contributed by atoms with Crippen molar-refractivity contribution in [3.05, 3.63) is 23.8 Å². The highest BCUT2D eigenvalue weighted by molar-refractivity contribution is 5.79. The van der Waals surface area contributed by atoms with Crippen LogP contribution < -0.4 is 20.1 Å². The number of nitrogens with zero attached hydrogens (tertiary/aromatic N) is 2. The van der Waals surface area contributed by atoms with E-state index in [1.807, 2.05) is 39.0 Å². The maximum absolute atomic E-state index is 9.06. The largest absolute Gasteiger partial charge is 0.493 e. The molecule has 6 heteroatoms. The molecule has 126 valence electrons. The molecule has 1 atom stereocenters. The fraction of sp³-hybridized carbons (Fsp3) is 0.529. The van der Waals surface area contributed by atoms with Gasteiger partial charge in [-0.3, -0.25) is 0 Å². The second kappa shape index (κ2) is 10.3. The minimum atomic E-state index is -0.485. The van der Waals surface area contributed by atoms with Gasteiger partial charge < -0.3 is 20.1 Å². The maximum atomic E-state index is 9.06. The van der Waals surface area contributed by atoms with Crippen LogP contribution in [0.1, 0.15) is 32.8 Å². The van der Waals surface area contributed by atoms with E-state index >= 15 is 0 Å². The first-order chi connectivity index (χ1) is 11.2. The van der Waals surface area contributed by atoms with Gasteiger partial charge in [0.25, 0.3) is 0 Å². The lowest BCUT2D eigenvalue weighted by molar-refractivity contribution is 0.238. The van der Waals surface area contributed by atoms with Gasteiger partial charge >= 0.3 is 0 Å². The zero-order valence-electron chi connectivity index (χ0n) is 14.3. The lowest BCUT2D eigenvalue weighted by Crippen LogP contribution is -2.36. The Bertz CT molecular complexity index is 544. The average molecular weight is 318 g/mol. The first-order valence-electron chi connectivity index (χ1n) is 7.93. The highest BCUT2D eigenvalue weighted by Crippen LogP contribution is 2.29. The van der Waals surface area contributed by atoms with Crippen molar-refractivity contribution in [1.29, 1.82) is 5.26 Å². The zero-order valence-corrected chi connectivity index (χ0v) is 14.3. The maximum Gasteiger partial charge on any atom is 0.191 e. The molecule has 0 radical (unpaired) electrons. The number of nitriles is 1. The van der Waals surface area contributed by atoms with Crippen molar-refractivity contribution in [1.82, 2.24) is 10.6 Å². The number of methoxy groups -OCH3 is 1. The summed E-state index contributed by atoms with van der Waals surface area (Å²) in [4.78, 5) is 4.52. The van der Waals surface area contributed by atoms with Crippen LogP contribution in [0, 0.1) is 11.3 Å². The molecule has 0 aliphatic rings. The summed E-state index contributed by atoms with van der Waals surface area (Å²) in [7, 11) is 1.59. The molecule has 0 fully saturated rings. The lowest BCUT2D eigenvalue weighted by atomic mass is 10.2. The topological polar surface area (TPSA) is 78.7 Å². The van der Waals surface area contributed by atoms with Crippen LogP contribution in [-0.2, 0) is 6.54 Å². The van der Waals surface area contributed by atoms with Gasteiger partial charge in [0.05, 0.1) is 13.7 Å². The molecule has 0 aliphatic heterocycles. The molecule has 1 aromatic rings. The van der Waals surface area contributed by atoms with Crippen LogP contribution in [0.15, 0.2) is 23.2 Å². The summed E-state index contributed by atoms with van der Waals surface area (Å²) in [6, 6.07) is 7.78. The van der Waals surface area contributed by atoms with Crippen molar-refractivity contribution in [2.75, 3.05) is 20.2 Å². The molecule has 0 spiro atoms. The van der Waals surface area contributed by atoms with E-state index in [1.54, 1.807) is 7.11 Å². The quantitative estimate of drug-likeness (QED) is 0.568. The van der Waals surface area contributed by atoms with Crippen molar-refractivity contribution < 1.29 is 9.47 Å². The minimum Gasteiger partial charge on any atom is -0.493 e. The summed E-state index contributed by atoms with van der Waals surface area (Å²) in [6.45, 7) is 8.09. The van der Waals surface area contributed by atoms with E-state index in [2.05, 4.69) is 21.7 Å². The van der Waals surface area contributed by atoms with Gasteiger partial charge in [0.2, 0.25) is 0 Å². The molecule has 0 heterocycles. The summed E-state index contributed by atoms with van der Waals surface area (Å²) in [5.74, 6) is 1.96. The van der Waals surface area contributed by atoms with Gasteiger partial charge in [0.15, 0.2) is 23.6 Å².